The van der Waals surface area contributed by atoms with E-state index in [1.54, 1.807) is 0 Å². The van der Waals surface area contributed by atoms with Crippen molar-refractivity contribution in [3.8, 4) is 0 Å². The van der Waals surface area contributed by atoms with Crippen LogP contribution in [0, 0.1) is 12.2 Å². The fraction of sp³-hybridized carbons (Fsp3) is 0.875. The van der Waals surface area contributed by atoms with Crippen LogP contribution in [-0.2, 0) is 9.47 Å². The second-order valence-electron chi connectivity index (χ2n) is 3.06. The van der Waals surface area contributed by atoms with Crippen LogP contribution in [0.25, 0.3) is 0 Å². The predicted molar refractivity (Wildman–Crippen MR) is 36.9 cm³/mol. The van der Waals surface area contributed by atoms with Gasteiger partial charge in [0.25, 0.3) is 0 Å². The van der Waals surface area contributed by atoms with Crippen molar-refractivity contribution >= 4 is 0 Å². The van der Waals surface area contributed by atoms with Crippen molar-refractivity contribution in [1.82, 2.24) is 0 Å². The third-order valence-electron chi connectivity index (χ3n) is 2.34. The Balaban J connectivity index is 1.78. The van der Waals surface area contributed by atoms with Gasteiger partial charge in [0.05, 0.1) is 0 Å². The Kier molecular flexibility index (Phi) is 1.91. The van der Waals surface area contributed by atoms with Gasteiger partial charge in [-0.1, -0.05) is 19.3 Å². The molecule has 2 nitrogen and oxygen atoms in total. The summed E-state index contributed by atoms with van der Waals surface area (Å²) < 4.78 is 10.3. The second-order valence-corrected chi connectivity index (χ2v) is 3.06. The molecule has 1 aliphatic carbocycles. The first-order chi connectivity index (χ1) is 4.97. The lowest BCUT2D eigenvalue weighted by Crippen LogP contribution is -2.30. The summed E-state index contributed by atoms with van der Waals surface area (Å²) in [6, 6.07) is 0. The van der Waals surface area contributed by atoms with Crippen LogP contribution in [0.5, 0.6) is 0 Å². The molecule has 0 aromatic heterocycles. The Morgan fingerprint density at radius 2 is 1.70 bits per heavy atom. The third kappa shape index (κ3) is 1.18. The van der Waals surface area contributed by atoms with Crippen LogP contribution in [0.4, 0.5) is 0 Å². The summed E-state index contributed by atoms with van der Waals surface area (Å²) in [4.78, 5) is 0. The van der Waals surface area contributed by atoms with E-state index in [2.05, 4.69) is 0 Å². The molecule has 0 spiro atoms. The molecule has 10 heavy (non-hydrogen) atoms. The van der Waals surface area contributed by atoms with Crippen LogP contribution < -0.4 is 0 Å². The molecule has 0 aromatic carbocycles. The van der Waals surface area contributed by atoms with Crippen LogP contribution in [0.2, 0.25) is 0 Å². The van der Waals surface area contributed by atoms with Gasteiger partial charge in [0.15, 0.2) is 6.79 Å². The molecule has 57 valence electrons. The summed E-state index contributed by atoms with van der Waals surface area (Å²) in [6.07, 6.45) is 7.55. The molecule has 0 bridgehead atoms. The van der Waals surface area contributed by atoms with Crippen molar-refractivity contribution in [2.24, 2.45) is 5.92 Å². The molecule has 2 rings (SSSR count). The SMILES string of the molecule is C1CCC([C]2OCO2)CC1. The van der Waals surface area contributed by atoms with Gasteiger partial charge in [-0.15, -0.1) is 0 Å². The highest BCUT2D eigenvalue weighted by molar-refractivity contribution is 4.83. The summed E-state index contributed by atoms with van der Waals surface area (Å²) in [5.41, 5.74) is 0. The molecule has 0 atom stereocenters. The molecule has 0 unspecified atom stereocenters. The van der Waals surface area contributed by atoms with Gasteiger partial charge >= 0.3 is 0 Å². The zero-order valence-electron chi connectivity index (χ0n) is 6.14. The zero-order valence-corrected chi connectivity index (χ0v) is 6.14. The van der Waals surface area contributed by atoms with E-state index in [9.17, 15) is 0 Å². The van der Waals surface area contributed by atoms with Crippen LogP contribution in [-0.4, -0.2) is 6.79 Å². The molecule has 1 saturated heterocycles. The lowest BCUT2D eigenvalue weighted by Gasteiger charge is -2.33. The Labute approximate surface area is 61.5 Å². The highest BCUT2D eigenvalue weighted by atomic mass is 16.8. The Bertz CT molecular complexity index is 104. The van der Waals surface area contributed by atoms with Crippen molar-refractivity contribution in [3.05, 3.63) is 6.29 Å². The van der Waals surface area contributed by atoms with Crippen molar-refractivity contribution in [2.45, 2.75) is 32.1 Å². The largest absolute Gasteiger partial charge is 0.318 e. The summed E-state index contributed by atoms with van der Waals surface area (Å²) in [5, 5.41) is 0. The van der Waals surface area contributed by atoms with Gasteiger partial charge in [0, 0.05) is 5.92 Å². The zero-order chi connectivity index (χ0) is 6.81. The molecule has 2 aliphatic rings. The van der Waals surface area contributed by atoms with Crippen LogP contribution in [0.1, 0.15) is 32.1 Å². The minimum absolute atomic E-state index is 0.492. The van der Waals surface area contributed by atoms with Gasteiger partial charge in [-0.3, -0.25) is 0 Å². The maximum Gasteiger partial charge on any atom is 0.231 e. The molecule has 0 amide bonds. The molecule has 1 radical (unpaired) electrons. The van der Waals surface area contributed by atoms with E-state index in [-0.39, 0.29) is 0 Å². The third-order valence-corrected chi connectivity index (χ3v) is 2.34. The topological polar surface area (TPSA) is 18.5 Å². The average molecular weight is 141 g/mol. The Morgan fingerprint density at radius 1 is 1.00 bits per heavy atom. The smallest absolute Gasteiger partial charge is 0.231 e. The Morgan fingerprint density at radius 3 is 2.20 bits per heavy atom. The van der Waals surface area contributed by atoms with Crippen molar-refractivity contribution in [2.75, 3.05) is 6.79 Å². The lowest BCUT2D eigenvalue weighted by molar-refractivity contribution is -0.257. The van der Waals surface area contributed by atoms with E-state index >= 15 is 0 Å². The molecule has 1 saturated carbocycles. The van der Waals surface area contributed by atoms with E-state index in [0.717, 1.165) is 6.29 Å². The average Bonchev–Trinajstić information content (AvgIpc) is 1.86. The summed E-state index contributed by atoms with van der Waals surface area (Å²) in [5.74, 6) is 0.627. The minimum Gasteiger partial charge on any atom is -0.318 e. The monoisotopic (exact) mass is 141 g/mol. The van der Waals surface area contributed by atoms with E-state index < -0.39 is 0 Å². The molecule has 2 heteroatoms. The summed E-state index contributed by atoms with van der Waals surface area (Å²) >= 11 is 0. The van der Waals surface area contributed by atoms with E-state index in [0.29, 0.717) is 12.7 Å². The molecule has 2 fully saturated rings. The fourth-order valence-electron chi connectivity index (χ4n) is 1.70. The van der Waals surface area contributed by atoms with Crippen molar-refractivity contribution in [3.63, 3.8) is 0 Å². The molecule has 1 heterocycles. The minimum atomic E-state index is 0.492. The summed E-state index contributed by atoms with van der Waals surface area (Å²) in [6.45, 7) is 0.492. The number of ether oxygens (including phenoxy) is 2. The summed E-state index contributed by atoms with van der Waals surface area (Å²) in [7, 11) is 0. The fourth-order valence-corrected chi connectivity index (χ4v) is 1.70. The maximum absolute atomic E-state index is 5.16. The normalized spacial score (nSPS) is 30.0. The first-order valence-electron chi connectivity index (χ1n) is 4.09. The van der Waals surface area contributed by atoms with Crippen LogP contribution >= 0.6 is 0 Å². The van der Waals surface area contributed by atoms with E-state index in [1.165, 1.54) is 32.1 Å². The molecule has 0 N–H and O–H groups in total. The lowest BCUT2D eigenvalue weighted by atomic mass is 9.88. The van der Waals surface area contributed by atoms with Gasteiger partial charge in [0.1, 0.15) is 0 Å². The van der Waals surface area contributed by atoms with E-state index in [1.807, 2.05) is 0 Å². The predicted octanol–water partition coefficient (Wildman–Crippen LogP) is 2.06. The molecular formula is C8H13O2. The van der Waals surface area contributed by atoms with Gasteiger partial charge in [-0.2, -0.15) is 0 Å². The molecular weight excluding hydrogens is 128 g/mol. The van der Waals surface area contributed by atoms with Crippen LogP contribution in [0.3, 0.4) is 0 Å². The van der Waals surface area contributed by atoms with Crippen molar-refractivity contribution in [1.29, 1.82) is 0 Å². The highest BCUT2D eigenvalue weighted by Gasteiger charge is 2.31. The van der Waals surface area contributed by atoms with Gasteiger partial charge < -0.3 is 9.47 Å². The van der Waals surface area contributed by atoms with Gasteiger partial charge in [0.2, 0.25) is 6.29 Å². The maximum atomic E-state index is 5.16. The number of hydrogen-bond acceptors (Lipinski definition) is 2. The first kappa shape index (κ1) is 6.62. The number of rotatable bonds is 1. The second kappa shape index (κ2) is 2.89. The highest BCUT2D eigenvalue weighted by Crippen LogP contribution is 2.36. The Hall–Kier alpha value is -0.0800. The molecule has 1 aliphatic heterocycles. The van der Waals surface area contributed by atoms with Gasteiger partial charge in [-0.05, 0) is 12.8 Å². The standard InChI is InChI=1S/C8H13O2/c1-2-4-7(5-3-1)8-9-6-10-8/h7H,1-6H2. The van der Waals surface area contributed by atoms with Crippen LogP contribution in [0.15, 0.2) is 0 Å². The first-order valence-corrected chi connectivity index (χ1v) is 4.09. The van der Waals surface area contributed by atoms with E-state index in [4.69, 9.17) is 9.47 Å². The van der Waals surface area contributed by atoms with Gasteiger partial charge in [-0.25, -0.2) is 0 Å². The quantitative estimate of drug-likeness (QED) is 0.556. The molecule has 0 aromatic rings. The van der Waals surface area contributed by atoms with Crippen molar-refractivity contribution < 1.29 is 9.47 Å². The number of hydrogen-bond donors (Lipinski definition) is 0.